The molecule has 17 heavy (non-hydrogen) atoms. The molecule has 7 heteroatoms. The molecule has 0 spiro atoms. The van der Waals surface area contributed by atoms with E-state index in [0.717, 1.165) is 0 Å². The Morgan fingerprint density at radius 1 is 1.41 bits per heavy atom. The highest BCUT2D eigenvalue weighted by Gasteiger charge is 2.34. The van der Waals surface area contributed by atoms with Crippen LogP contribution in [0, 0.1) is 5.41 Å². The number of carbonyl (C=O) groups is 1. The zero-order valence-electron chi connectivity index (χ0n) is 10.7. The minimum atomic E-state index is -3.59. The Morgan fingerprint density at radius 3 is 2.29 bits per heavy atom. The van der Waals surface area contributed by atoms with Crippen LogP contribution in [0.25, 0.3) is 0 Å². The highest BCUT2D eigenvalue weighted by molar-refractivity contribution is 7.89. The molecule has 6 nitrogen and oxygen atoms in total. The van der Waals surface area contributed by atoms with Gasteiger partial charge in [0.05, 0.1) is 5.75 Å². The van der Waals surface area contributed by atoms with Gasteiger partial charge >= 0.3 is 5.97 Å². The Labute approximate surface area is 102 Å². The van der Waals surface area contributed by atoms with Gasteiger partial charge < -0.3 is 9.84 Å². The third-order valence-electron chi connectivity index (χ3n) is 2.17. The lowest BCUT2D eigenvalue weighted by Gasteiger charge is -2.27. The van der Waals surface area contributed by atoms with E-state index in [-0.39, 0.29) is 5.75 Å². The van der Waals surface area contributed by atoms with E-state index in [1.165, 1.54) is 7.11 Å². The first-order chi connectivity index (χ1) is 7.60. The third-order valence-corrected chi connectivity index (χ3v) is 3.59. The van der Waals surface area contributed by atoms with Gasteiger partial charge in [-0.25, -0.2) is 13.1 Å². The summed E-state index contributed by atoms with van der Waals surface area (Å²) in [5, 5.41) is 8.99. The first-order valence-corrected chi connectivity index (χ1v) is 6.97. The van der Waals surface area contributed by atoms with E-state index in [9.17, 15) is 13.2 Å². The van der Waals surface area contributed by atoms with Gasteiger partial charge in [-0.1, -0.05) is 20.8 Å². The van der Waals surface area contributed by atoms with E-state index in [0.29, 0.717) is 13.0 Å². The van der Waals surface area contributed by atoms with Gasteiger partial charge in [0.1, 0.15) is 6.04 Å². The molecule has 2 N–H and O–H groups in total. The summed E-state index contributed by atoms with van der Waals surface area (Å²) in [6.07, 6.45) is 0.336. The summed E-state index contributed by atoms with van der Waals surface area (Å²) in [6, 6.07) is -1.13. The standard InChI is InChI=1S/C10H21NO5S/c1-10(2,3)8(9(12)13)11-17(14,15)7-5-6-16-4/h8,11H,5-7H2,1-4H3,(H,12,13)/t8-/m1/s1. The number of ether oxygens (including phenoxy) is 1. The maximum atomic E-state index is 11.6. The van der Waals surface area contributed by atoms with Gasteiger partial charge in [0, 0.05) is 13.7 Å². The number of nitrogens with one attached hydrogen (secondary N) is 1. The topological polar surface area (TPSA) is 92.7 Å². The molecule has 102 valence electrons. The smallest absolute Gasteiger partial charge is 0.322 e. The zero-order valence-corrected chi connectivity index (χ0v) is 11.5. The molecule has 0 aromatic rings. The fraction of sp³-hybridized carbons (Fsp3) is 0.900. The number of sulfonamides is 1. The van der Waals surface area contributed by atoms with Crippen molar-refractivity contribution in [3.63, 3.8) is 0 Å². The highest BCUT2D eigenvalue weighted by atomic mass is 32.2. The number of aliphatic carboxylic acids is 1. The summed E-state index contributed by atoms with van der Waals surface area (Å²) >= 11 is 0. The Morgan fingerprint density at radius 2 is 1.94 bits per heavy atom. The molecule has 1 atom stereocenters. The molecule has 0 aliphatic carbocycles. The van der Waals surface area contributed by atoms with Crippen LogP contribution in [-0.4, -0.2) is 45.0 Å². The largest absolute Gasteiger partial charge is 0.480 e. The minimum absolute atomic E-state index is 0.138. The SMILES string of the molecule is COCCCS(=O)(=O)N[C@H](C(=O)O)C(C)(C)C. The second kappa shape index (κ2) is 6.32. The number of carboxylic acid groups (broad SMARTS) is 1. The van der Waals surface area contributed by atoms with Crippen LogP contribution >= 0.6 is 0 Å². The molecule has 0 saturated heterocycles. The van der Waals surface area contributed by atoms with Gasteiger partial charge in [-0.15, -0.1) is 0 Å². The molecule has 0 unspecified atom stereocenters. The van der Waals surface area contributed by atoms with Crippen LogP contribution in [0.3, 0.4) is 0 Å². The van der Waals surface area contributed by atoms with Gasteiger partial charge in [-0.3, -0.25) is 4.79 Å². The number of carboxylic acids is 1. The lowest BCUT2D eigenvalue weighted by atomic mass is 9.88. The van der Waals surface area contributed by atoms with Crippen molar-refractivity contribution in [1.29, 1.82) is 0 Å². The predicted molar refractivity (Wildman–Crippen MR) is 64.3 cm³/mol. The Bertz CT molecular complexity index is 344. The molecular formula is C10H21NO5S. The van der Waals surface area contributed by atoms with Crippen LogP contribution in [0.4, 0.5) is 0 Å². The van der Waals surface area contributed by atoms with E-state index >= 15 is 0 Å². The molecule has 0 rings (SSSR count). The van der Waals surface area contributed by atoms with Crippen molar-refractivity contribution in [3.8, 4) is 0 Å². The monoisotopic (exact) mass is 267 g/mol. The van der Waals surface area contributed by atoms with E-state index in [4.69, 9.17) is 9.84 Å². The average Bonchev–Trinajstić information content (AvgIpc) is 2.12. The highest BCUT2D eigenvalue weighted by Crippen LogP contribution is 2.20. The van der Waals surface area contributed by atoms with Crippen LogP contribution in [-0.2, 0) is 19.6 Å². The summed E-state index contributed by atoms with van der Waals surface area (Å²) < 4.78 is 30.2. The van der Waals surface area contributed by atoms with E-state index in [2.05, 4.69) is 4.72 Å². The molecule has 0 aliphatic rings. The normalized spacial score (nSPS) is 14.6. The van der Waals surface area contributed by atoms with Gasteiger partial charge in [0.25, 0.3) is 0 Å². The van der Waals surface area contributed by atoms with E-state index in [1.54, 1.807) is 20.8 Å². The minimum Gasteiger partial charge on any atom is -0.480 e. The third kappa shape index (κ3) is 6.60. The van der Waals surface area contributed by atoms with Gasteiger partial charge in [0.2, 0.25) is 10.0 Å². The van der Waals surface area contributed by atoms with Crippen LogP contribution in [0.2, 0.25) is 0 Å². The van der Waals surface area contributed by atoms with Gasteiger partial charge in [0.15, 0.2) is 0 Å². The van der Waals surface area contributed by atoms with Crippen LogP contribution in [0.1, 0.15) is 27.2 Å². The first-order valence-electron chi connectivity index (χ1n) is 5.32. The van der Waals surface area contributed by atoms with Crippen molar-refractivity contribution in [2.75, 3.05) is 19.5 Å². The summed E-state index contributed by atoms with van der Waals surface area (Å²) in [5.74, 6) is -1.31. The molecule has 0 fully saturated rings. The van der Waals surface area contributed by atoms with E-state index in [1.807, 2.05) is 0 Å². The van der Waals surface area contributed by atoms with Gasteiger partial charge in [-0.2, -0.15) is 0 Å². The second-order valence-electron chi connectivity index (χ2n) is 4.92. The molecule has 0 bridgehead atoms. The van der Waals surface area contributed by atoms with Crippen LogP contribution in [0.15, 0.2) is 0 Å². The van der Waals surface area contributed by atoms with Crippen molar-refractivity contribution in [1.82, 2.24) is 4.72 Å². The van der Waals surface area contributed by atoms with Gasteiger partial charge in [-0.05, 0) is 11.8 Å². The second-order valence-corrected chi connectivity index (χ2v) is 6.79. The van der Waals surface area contributed by atoms with Crippen molar-refractivity contribution in [2.45, 2.75) is 33.2 Å². The Kier molecular flexibility index (Phi) is 6.08. The number of methoxy groups -OCH3 is 1. The summed E-state index contributed by atoms with van der Waals surface area (Å²) in [5.41, 5.74) is -0.680. The molecule has 0 radical (unpaired) electrons. The van der Waals surface area contributed by atoms with Crippen molar-refractivity contribution in [2.24, 2.45) is 5.41 Å². The number of rotatable bonds is 7. The first kappa shape index (κ1) is 16.3. The summed E-state index contributed by atoms with van der Waals surface area (Å²) in [7, 11) is -2.11. The fourth-order valence-corrected chi connectivity index (χ4v) is 2.66. The summed E-state index contributed by atoms with van der Waals surface area (Å²) in [4.78, 5) is 11.0. The zero-order chi connectivity index (χ0) is 13.7. The fourth-order valence-electron chi connectivity index (χ4n) is 1.23. The van der Waals surface area contributed by atoms with Crippen LogP contribution in [0.5, 0.6) is 0 Å². The Hall–Kier alpha value is -0.660. The lowest BCUT2D eigenvalue weighted by molar-refractivity contribution is -0.141. The molecule has 0 saturated carbocycles. The van der Waals surface area contributed by atoms with Crippen molar-refractivity contribution in [3.05, 3.63) is 0 Å². The number of hydrogen-bond donors (Lipinski definition) is 2. The maximum Gasteiger partial charge on any atom is 0.322 e. The molecule has 0 aromatic carbocycles. The molecular weight excluding hydrogens is 246 g/mol. The molecule has 0 heterocycles. The Balaban J connectivity index is 4.61. The van der Waals surface area contributed by atoms with Crippen molar-refractivity contribution < 1.29 is 23.1 Å². The molecule has 0 amide bonds. The quantitative estimate of drug-likeness (QED) is 0.653. The van der Waals surface area contributed by atoms with Crippen LogP contribution < -0.4 is 4.72 Å². The van der Waals surface area contributed by atoms with Crippen molar-refractivity contribution >= 4 is 16.0 Å². The van der Waals surface area contributed by atoms with E-state index < -0.39 is 27.4 Å². The number of hydrogen-bond acceptors (Lipinski definition) is 4. The molecule has 0 aliphatic heterocycles. The predicted octanol–water partition coefficient (Wildman–Crippen LogP) is 0.442. The molecule has 0 aromatic heterocycles. The maximum absolute atomic E-state index is 11.6. The lowest BCUT2D eigenvalue weighted by Crippen LogP contribution is -2.49. The average molecular weight is 267 g/mol. The summed E-state index contributed by atoms with van der Waals surface area (Å²) in [6.45, 7) is 5.34.